The maximum atomic E-state index is 12.6. The Morgan fingerprint density at radius 3 is 2.46 bits per heavy atom. The van der Waals surface area contributed by atoms with E-state index in [1.165, 1.54) is 12.1 Å². The lowest BCUT2D eigenvalue weighted by Gasteiger charge is -2.27. The molecule has 2 heterocycles. The normalized spacial score (nSPS) is 21.0. The molecule has 1 aromatic carbocycles. The van der Waals surface area contributed by atoms with Crippen LogP contribution >= 0.6 is 12.6 Å². The molecule has 1 atom stereocenters. The molecule has 7 nitrogen and oxygen atoms in total. The van der Waals surface area contributed by atoms with Gasteiger partial charge >= 0.3 is 0 Å². The summed E-state index contributed by atoms with van der Waals surface area (Å²) in [4.78, 5) is 48.5. The summed E-state index contributed by atoms with van der Waals surface area (Å²) in [6.07, 6.45) is 0.217. The van der Waals surface area contributed by atoms with Gasteiger partial charge in [0.15, 0.2) is 0 Å². The van der Waals surface area contributed by atoms with E-state index in [0.717, 1.165) is 4.90 Å². The van der Waals surface area contributed by atoms with Crippen molar-refractivity contribution in [3.8, 4) is 5.75 Å². The number of nitrogens with zero attached hydrogens (tertiary/aromatic N) is 1. The van der Waals surface area contributed by atoms with Crippen LogP contribution in [0.2, 0.25) is 0 Å². The Balaban J connectivity index is 1.91. The van der Waals surface area contributed by atoms with Gasteiger partial charge in [-0.1, -0.05) is 0 Å². The molecule has 1 saturated heterocycles. The van der Waals surface area contributed by atoms with Crippen molar-refractivity contribution in [1.29, 1.82) is 0 Å². The molecule has 0 aromatic heterocycles. The predicted molar refractivity (Wildman–Crippen MR) is 86.8 cm³/mol. The van der Waals surface area contributed by atoms with Gasteiger partial charge in [0.1, 0.15) is 16.7 Å². The van der Waals surface area contributed by atoms with Crippen molar-refractivity contribution >= 4 is 36.3 Å². The first-order chi connectivity index (χ1) is 11.2. The monoisotopic (exact) mass is 348 g/mol. The number of hydrogen-bond acceptors (Lipinski definition) is 6. The molecule has 0 radical (unpaired) electrons. The highest BCUT2D eigenvalue weighted by atomic mass is 32.1. The molecular formula is C16H16N2O5S. The Labute approximate surface area is 143 Å². The Morgan fingerprint density at radius 2 is 1.83 bits per heavy atom. The number of piperidine rings is 1. The summed E-state index contributed by atoms with van der Waals surface area (Å²) in [5.74, 6) is -1.73. The number of carbonyl (C=O) groups is 4. The number of amides is 4. The largest absolute Gasteiger partial charge is 0.477 e. The van der Waals surface area contributed by atoms with Gasteiger partial charge < -0.3 is 4.74 Å². The molecule has 4 amide bonds. The Kier molecular flexibility index (Phi) is 3.87. The fraction of sp³-hybridized carbons (Fsp3) is 0.375. The third-order valence-electron chi connectivity index (χ3n) is 3.78. The van der Waals surface area contributed by atoms with Crippen LogP contribution in [0.3, 0.4) is 0 Å². The van der Waals surface area contributed by atoms with E-state index in [1.54, 1.807) is 19.9 Å². The van der Waals surface area contributed by atoms with Crippen LogP contribution in [0.1, 0.15) is 47.4 Å². The van der Waals surface area contributed by atoms with Crippen molar-refractivity contribution in [2.75, 3.05) is 0 Å². The number of ether oxygens (including phenoxy) is 1. The molecular weight excluding hydrogens is 332 g/mol. The van der Waals surface area contributed by atoms with Gasteiger partial charge in [0, 0.05) is 6.42 Å². The van der Waals surface area contributed by atoms with Gasteiger partial charge in [-0.05, 0) is 38.5 Å². The zero-order valence-electron chi connectivity index (χ0n) is 13.2. The highest BCUT2D eigenvalue weighted by Gasteiger charge is 2.44. The Morgan fingerprint density at radius 1 is 1.17 bits per heavy atom. The van der Waals surface area contributed by atoms with E-state index >= 15 is 0 Å². The topological polar surface area (TPSA) is 92.8 Å². The second-order valence-electron chi connectivity index (χ2n) is 6.20. The minimum absolute atomic E-state index is 0.0893. The van der Waals surface area contributed by atoms with Crippen LogP contribution in [0.4, 0.5) is 0 Å². The minimum atomic E-state index is -0.971. The molecule has 2 aliphatic rings. The number of thiol groups is 1. The lowest BCUT2D eigenvalue weighted by atomic mass is 10.0. The first-order valence-corrected chi connectivity index (χ1v) is 7.89. The van der Waals surface area contributed by atoms with Crippen LogP contribution in [-0.4, -0.2) is 39.5 Å². The summed E-state index contributed by atoms with van der Waals surface area (Å²) in [7, 11) is 0. The average Bonchev–Trinajstić information content (AvgIpc) is 2.70. The van der Waals surface area contributed by atoms with Gasteiger partial charge in [-0.25, -0.2) is 0 Å². The van der Waals surface area contributed by atoms with E-state index in [-0.39, 0.29) is 24.0 Å². The summed E-state index contributed by atoms with van der Waals surface area (Å²) in [6, 6.07) is 3.58. The maximum absolute atomic E-state index is 12.6. The van der Waals surface area contributed by atoms with Crippen LogP contribution in [-0.2, 0) is 9.59 Å². The fourth-order valence-electron chi connectivity index (χ4n) is 2.80. The van der Waals surface area contributed by atoms with E-state index in [0.29, 0.717) is 5.75 Å². The summed E-state index contributed by atoms with van der Waals surface area (Å²) in [5, 5.41) is 2.16. The van der Waals surface area contributed by atoms with E-state index in [2.05, 4.69) is 17.9 Å². The Bertz CT molecular complexity index is 768. The highest BCUT2D eigenvalue weighted by Crippen LogP contribution is 2.31. The van der Waals surface area contributed by atoms with Crippen molar-refractivity contribution in [3.05, 3.63) is 29.3 Å². The van der Waals surface area contributed by atoms with Gasteiger partial charge in [0.25, 0.3) is 11.8 Å². The Hall–Kier alpha value is -2.35. The van der Waals surface area contributed by atoms with Crippen molar-refractivity contribution in [3.63, 3.8) is 0 Å². The van der Waals surface area contributed by atoms with Gasteiger partial charge in [-0.2, -0.15) is 0 Å². The standard InChI is InChI=1S/C16H16N2O5S/c1-16(2,24)23-8-3-4-9-10(7-8)15(22)18(14(9)21)11-5-6-12(19)17-13(11)20/h3-4,7,11,24H,5-6H2,1-2H3,(H,17,19,20). The van der Waals surface area contributed by atoms with Gasteiger partial charge in [-0.15, -0.1) is 12.6 Å². The first kappa shape index (κ1) is 16.5. The minimum Gasteiger partial charge on any atom is -0.477 e. The van der Waals surface area contributed by atoms with Crippen LogP contribution in [0, 0.1) is 0 Å². The average molecular weight is 348 g/mol. The highest BCUT2D eigenvalue weighted by molar-refractivity contribution is 7.81. The molecule has 0 bridgehead atoms. The molecule has 1 N–H and O–H groups in total. The maximum Gasteiger partial charge on any atom is 0.262 e. The molecule has 2 aliphatic heterocycles. The number of benzene rings is 1. The molecule has 1 unspecified atom stereocenters. The SMILES string of the molecule is CC(C)(S)Oc1ccc2c(c1)C(=O)N(C1CCC(=O)NC1=O)C2=O. The van der Waals surface area contributed by atoms with Crippen LogP contribution in [0.15, 0.2) is 18.2 Å². The zero-order chi connectivity index (χ0) is 17.6. The summed E-state index contributed by atoms with van der Waals surface area (Å²) < 4.78 is 5.58. The number of nitrogens with one attached hydrogen (secondary N) is 1. The van der Waals surface area contributed by atoms with E-state index in [9.17, 15) is 19.2 Å². The second kappa shape index (κ2) is 5.62. The van der Waals surface area contributed by atoms with Crippen LogP contribution < -0.4 is 10.1 Å². The molecule has 3 rings (SSSR count). The smallest absolute Gasteiger partial charge is 0.262 e. The molecule has 1 fully saturated rings. The van der Waals surface area contributed by atoms with Crippen molar-refractivity contribution < 1.29 is 23.9 Å². The van der Waals surface area contributed by atoms with E-state index in [1.807, 2.05) is 0 Å². The van der Waals surface area contributed by atoms with Crippen molar-refractivity contribution in [1.82, 2.24) is 10.2 Å². The van der Waals surface area contributed by atoms with E-state index < -0.39 is 34.6 Å². The van der Waals surface area contributed by atoms with Crippen LogP contribution in [0.25, 0.3) is 0 Å². The first-order valence-electron chi connectivity index (χ1n) is 7.44. The summed E-state index contributed by atoms with van der Waals surface area (Å²) in [5.41, 5.74) is 0.397. The van der Waals surface area contributed by atoms with Gasteiger partial charge in [-0.3, -0.25) is 29.4 Å². The number of imide groups is 2. The molecule has 0 aliphatic carbocycles. The third kappa shape index (κ3) is 2.89. The second-order valence-corrected chi connectivity index (χ2v) is 7.28. The fourth-order valence-corrected chi connectivity index (χ4v) is 2.91. The summed E-state index contributed by atoms with van der Waals surface area (Å²) in [6.45, 7) is 3.48. The molecule has 1 aromatic rings. The van der Waals surface area contributed by atoms with Crippen molar-refractivity contribution in [2.24, 2.45) is 0 Å². The molecule has 126 valence electrons. The molecule has 0 saturated carbocycles. The number of fused-ring (bicyclic) bond motifs is 1. The number of carbonyl (C=O) groups excluding carboxylic acids is 4. The summed E-state index contributed by atoms with van der Waals surface area (Å²) >= 11 is 4.26. The number of rotatable bonds is 3. The van der Waals surface area contributed by atoms with Gasteiger partial charge in [0.2, 0.25) is 11.8 Å². The van der Waals surface area contributed by atoms with Gasteiger partial charge in [0.05, 0.1) is 11.1 Å². The van der Waals surface area contributed by atoms with E-state index in [4.69, 9.17) is 4.74 Å². The van der Waals surface area contributed by atoms with Crippen LogP contribution in [0.5, 0.6) is 5.75 Å². The number of hydrogen-bond donors (Lipinski definition) is 2. The molecule has 8 heteroatoms. The quantitative estimate of drug-likeness (QED) is 0.485. The molecule has 24 heavy (non-hydrogen) atoms. The lowest BCUT2D eigenvalue weighted by molar-refractivity contribution is -0.136. The third-order valence-corrected chi connectivity index (χ3v) is 3.87. The molecule has 0 spiro atoms. The zero-order valence-corrected chi connectivity index (χ0v) is 14.1. The van der Waals surface area contributed by atoms with Crippen molar-refractivity contribution in [2.45, 2.75) is 37.7 Å². The lowest BCUT2D eigenvalue weighted by Crippen LogP contribution is -2.54. The predicted octanol–water partition coefficient (Wildman–Crippen LogP) is 1.13.